The number of hydrogen-bond acceptors (Lipinski definition) is 10. The van der Waals surface area contributed by atoms with Crippen molar-refractivity contribution in [2.45, 2.75) is 355 Å². The Labute approximate surface area is 505 Å². The molecule has 0 spiro atoms. The second-order valence-electron chi connectivity index (χ2n) is 23.3. The first-order valence-corrected chi connectivity index (χ1v) is 36.4. The van der Waals surface area contributed by atoms with Gasteiger partial charge in [-0.05, 0) is 0 Å². The van der Waals surface area contributed by atoms with Gasteiger partial charge in [0.2, 0.25) is 0 Å². The van der Waals surface area contributed by atoms with Gasteiger partial charge in [0.15, 0.2) is 0 Å². The molecule has 0 aliphatic heterocycles. The molecule has 0 fully saturated rings. The van der Waals surface area contributed by atoms with Crippen molar-refractivity contribution < 1.29 is 38.0 Å². The van der Waals surface area contributed by atoms with Gasteiger partial charge in [0.25, 0.3) is 0 Å². The molecule has 1 rings (SSSR count). The third kappa shape index (κ3) is 50.5. The molecule has 0 aliphatic rings. The smallest absolute Gasteiger partial charge is 0.0654 e. The Morgan fingerprint density at radius 3 is 1.04 bits per heavy atom. The summed E-state index contributed by atoms with van der Waals surface area (Å²) in [6.45, 7) is 8.96. The minimum absolute atomic E-state index is 0.0135. The van der Waals surface area contributed by atoms with Crippen molar-refractivity contribution in [2.24, 2.45) is 0 Å². The van der Waals surface area contributed by atoms with E-state index in [-0.39, 0.29) is 32.5 Å². The number of unbranched alkanes of at least 4 members (excludes halogenated alkanes) is 45. The van der Waals surface area contributed by atoms with Crippen molar-refractivity contribution in [3.8, 4) is 28.9 Å². The molecule has 1 aromatic carbocycles. The predicted molar refractivity (Wildman–Crippen MR) is 345 cm³/mol. The van der Waals surface area contributed by atoms with E-state index in [0.717, 1.165) is 38.5 Å². The van der Waals surface area contributed by atoms with Crippen molar-refractivity contribution in [1.82, 2.24) is 0 Å². The van der Waals surface area contributed by atoms with Crippen LogP contribution in [0, 0.1) is 17.0 Å². The molecule has 0 aromatic heterocycles. The summed E-state index contributed by atoms with van der Waals surface area (Å²) >= 11 is 5.11. The Bertz CT molecular complexity index is 1660. The summed E-state index contributed by atoms with van der Waals surface area (Å²) in [5.74, 6) is 0.494. The number of ether oxygens (including phenoxy) is 6. The number of carbonyl (C=O) groups is 2. The first-order valence-electron chi connectivity index (χ1n) is 34.5. The average molecular weight is 1170 g/mol. The maximum absolute atomic E-state index is 13.3. The van der Waals surface area contributed by atoms with Gasteiger partial charge in [-0.15, -0.1) is 0 Å². The molecule has 11 heteroatoms. The topological polar surface area (TPSA) is 113 Å². The van der Waals surface area contributed by atoms with Crippen LogP contribution in [0.1, 0.15) is 360 Å². The molecule has 0 saturated heterocycles. The number of carbonyl (C=O) groups excluding carboxylic acids is 2. The Kier molecular flexibility index (Phi) is 58.5. The van der Waals surface area contributed by atoms with Crippen molar-refractivity contribution in [3.63, 3.8) is 0 Å². The first-order chi connectivity index (χ1) is 40.0. The summed E-state index contributed by atoms with van der Waals surface area (Å²) in [7, 11) is 0. The van der Waals surface area contributed by atoms with E-state index in [2.05, 4.69) is 26.4 Å². The van der Waals surface area contributed by atoms with E-state index in [1.54, 1.807) is 0 Å². The zero-order valence-electron chi connectivity index (χ0n) is 52.9. The van der Waals surface area contributed by atoms with Gasteiger partial charge in [-0.1, -0.05) is 278 Å². The number of esters is 2. The first kappa shape index (κ1) is 76.5. The van der Waals surface area contributed by atoms with E-state index in [0.29, 0.717) is 49.4 Å². The number of nitrogens with zero attached hydrogens (tertiary/aromatic N) is 1. The van der Waals surface area contributed by atoms with Gasteiger partial charge in [-0.25, -0.2) is 0 Å². The number of rotatable bonds is 63. The fourth-order valence-electron chi connectivity index (χ4n) is 10.6. The molecule has 1 aromatic rings. The second kappa shape index (κ2) is 62.0. The zero-order valence-corrected chi connectivity index (χ0v) is 54.6. The van der Waals surface area contributed by atoms with Crippen LogP contribution in [0.2, 0.25) is 0 Å². The van der Waals surface area contributed by atoms with Crippen LogP contribution in [0.15, 0.2) is 12.1 Å². The number of nitriles is 1. The Balaban J connectivity index is 3.03. The van der Waals surface area contributed by atoms with Gasteiger partial charge in [0.1, 0.15) is 0 Å². The zero-order chi connectivity index (χ0) is 58.4. The molecule has 1 atom stereocenters. The quantitative estimate of drug-likeness (QED) is 0.0270. The molecular formula is C70H124NO8PS. The Morgan fingerprint density at radius 1 is 0.432 bits per heavy atom. The van der Waals surface area contributed by atoms with E-state index in [9.17, 15) is 9.59 Å². The normalized spacial score (nSPS) is 11.5. The predicted octanol–water partition coefficient (Wildman–Crippen LogP) is 22.8. The maximum atomic E-state index is 13.3. The fourth-order valence-corrected chi connectivity index (χ4v) is 10.9. The van der Waals surface area contributed by atoms with Crippen LogP contribution in [0.4, 0.5) is 0 Å². The second-order valence-corrected chi connectivity index (χ2v) is 24.4. The minimum Gasteiger partial charge on any atom is -0.0654 e. The summed E-state index contributed by atoms with van der Waals surface area (Å²) < 4.78 is 37.1. The van der Waals surface area contributed by atoms with Crippen LogP contribution < -0.4 is 14.2 Å². The van der Waals surface area contributed by atoms with Gasteiger partial charge >= 0.3 is 219 Å². The van der Waals surface area contributed by atoms with E-state index in [1.807, 2.05) is 18.2 Å². The van der Waals surface area contributed by atoms with Gasteiger partial charge in [0, 0.05) is 0 Å². The van der Waals surface area contributed by atoms with Crippen LogP contribution in [0.5, 0.6) is 17.2 Å². The summed E-state index contributed by atoms with van der Waals surface area (Å²) in [5.41, 5.74) is 3.52. The van der Waals surface area contributed by atoms with Gasteiger partial charge < -0.3 is 0 Å². The monoisotopic (exact) mass is 1170 g/mol. The number of benzene rings is 1. The standard InChI is InChI=1S/C70H124NO8PS/c1-4-7-10-13-16-19-22-25-28-31-34-37-40-43-46-49-56-74-65-62-64(70(78-60-61-80-81)79-68(73)54-53-67(72)76-59-52-55-71)63-66(75-57-50-47-44-41-38-35-32-29-26-23-20-17-14-11-8-5-2)69(65)77-58-51-48-45-42-39-36-33-30-27-24-21-18-15-12-9-6-3/h62-63,70H,4-54,56-60H2,1-3H3. The molecule has 0 bridgehead atoms. The van der Waals surface area contributed by atoms with Crippen molar-refractivity contribution in [3.05, 3.63) is 17.7 Å². The molecule has 1 unspecified atom stereocenters. The van der Waals surface area contributed by atoms with Crippen LogP contribution in [-0.4, -0.2) is 45.0 Å². The third-order valence-electron chi connectivity index (χ3n) is 15.7. The van der Waals surface area contributed by atoms with E-state index in [1.165, 1.54) is 270 Å². The molecule has 0 heterocycles. The Morgan fingerprint density at radius 2 is 0.728 bits per heavy atom. The molecule has 0 aliphatic carbocycles. The molecule has 9 nitrogen and oxygen atoms in total. The molecular weight excluding hydrogens is 1050 g/mol. The summed E-state index contributed by atoms with van der Waals surface area (Å²) in [6, 6.07) is 5.67. The molecule has 0 radical (unpaired) electrons. The SMILES string of the molecule is CCCCCCCCCCCCCCCCCCOc1cc(C(OCC#P=S)OC(=O)CCC(=O)OCCC#N)cc(OCCCCCCCCCCCCCCCCCC)c1OCCCCCCCCCCCCCCCCCC. The molecule has 0 N–H and O–H groups in total. The van der Waals surface area contributed by atoms with Gasteiger partial charge in [-0.3, -0.25) is 0 Å². The summed E-state index contributed by atoms with van der Waals surface area (Å²) in [5, 5.41) is 8.84. The fraction of sp³-hybridized carbons (Fsp3) is 0.857. The Hall–Kier alpha value is -2.56. The number of hydrogen-bond donors (Lipinski definition) is 0. The summed E-state index contributed by atoms with van der Waals surface area (Å²) in [4.78, 5) is 25.6. The van der Waals surface area contributed by atoms with E-state index in [4.69, 9.17) is 45.5 Å². The molecule has 0 saturated carbocycles. The van der Waals surface area contributed by atoms with Crippen LogP contribution in [0.3, 0.4) is 0 Å². The third-order valence-corrected chi connectivity index (χ3v) is 16.3. The van der Waals surface area contributed by atoms with Crippen molar-refractivity contribution in [2.75, 3.05) is 33.0 Å². The van der Waals surface area contributed by atoms with Gasteiger partial charge in [-0.2, -0.15) is 5.26 Å². The van der Waals surface area contributed by atoms with E-state index < -0.39 is 18.2 Å². The van der Waals surface area contributed by atoms with Crippen LogP contribution in [0.25, 0.3) is 0 Å². The van der Waals surface area contributed by atoms with Crippen LogP contribution in [-0.2, 0) is 35.6 Å². The van der Waals surface area contributed by atoms with Gasteiger partial charge in [0.05, 0.1) is 6.07 Å². The average Bonchev–Trinajstić information content (AvgIpc) is 3.47. The van der Waals surface area contributed by atoms with Crippen LogP contribution >= 0.6 is 6.81 Å². The van der Waals surface area contributed by atoms with Crippen molar-refractivity contribution >= 4 is 30.6 Å². The summed E-state index contributed by atoms with van der Waals surface area (Å²) in [6.07, 6.45) is 61.3. The minimum atomic E-state index is -1.14. The molecule has 0 amide bonds. The molecule has 81 heavy (non-hydrogen) atoms. The van der Waals surface area contributed by atoms with E-state index >= 15 is 0 Å². The van der Waals surface area contributed by atoms with Crippen molar-refractivity contribution in [1.29, 1.82) is 5.26 Å². The molecule has 468 valence electrons.